The van der Waals surface area contributed by atoms with Crippen LogP contribution in [0.4, 0.5) is 21.9 Å². The Morgan fingerprint density at radius 2 is 1.56 bits per heavy atom. The van der Waals surface area contributed by atoms with Gasteiger partial charge in [0.05, 0.1) is 17.4 Å². The number of nitrogens with one attached hydrogen (secondary N) is 2. The van der Waals surface area contributed by atoms with Crippen LogP contribution in [-0.4, -0.2) is 59.5 Å². The van der Waals surface area contributed by atoms with Gasteiger partial charge in [-0.1, -0.05) is 59.1 Å². The highest BCUT2D eigenvalue weighted by Crippen LogP contribution is 2.39. The van der Waals surface area contributed by atoms with Crippen LogP contribution in [0, 0.1) is 0 Å². The van der Waals surface area contributed by atoms with Gasteiger partial charge in [-0.05, 0) is 61.4 Å². The highest BCUT2D eigenvalue weighted by atomic mass is 35.5. The third-order valence-corrected chi connectivity index (χ3v) is 7.86. The first-order chi connectivity index (χ1) is 18.7. The predicted octanol–water partition coefficient (Wildman–Crippen LogP) is 5.96. The molecule has 0 aliphatic carbocycles. The van der Waals surface area contributed by atoms with Crippen molar-refractivity contribution in [1.82, 2.24) is 9.80 Å². The number of rotatable bonds is 5. The lowest BCUT2D eigenvalue weighted by Gasteiger charge is -2.43. The summed E-state index contributed by atoms with van der Waals surface area (Å²) in [4.78, 5) is 45.0. The average Bonchev–Trinajstić information content (AvgIpc) is 3.17. The van der Waals surface area contributed by atoms with Crippen molar-refractivity contribution in [2.75, 3.05) is 41.8 Å². The lowest BCUT2D eigenvalue weighted by atomic mass is 9.85. The molecule has 39 heavy (non-hydrogen) atoms. The standard InChI is InChI=1S/C28H26Cl3N5O3/c29-19-5-4-6-21(15-19)32-25(37)17-35-18-36(22-7-2-1-3-8-22)28(26(35)38)11-13-34(14-12-28)27(39)33-24-10-9-20(30)16-23(24)31/h1-10,15-16H,11-14,17-18H2,(H,32,37)(H,33,39). The third kappa shape index (κ3) is 5.78. The number of hydrogen-bond acceptors (Lipinski definition) is 4. The smallest absolute Gasteiger partial charge is 0.321 e. The number of hydrogen-bond donors (Lipinski definition) is 2. The van der Waals surface area contributed by atoms with E-state index in [0.717, 1.165) is 5.69 Å². The molecule has 2 aliphatic heterocycles. The zero-order valence-corrected chi connectivity index (χ0v) is 23.1. The predicted molar refractivity (Wildman–Crippen MR) is 155 cm³/mol. The number of para-hydroxylation sites is 1. The number of carbonyl (C=O) groups is 3. The maximum absolute atomic E-state index is 13.9. The van der Waals surface area contributed by atoms with Crippen LogP contribution in [0.5, 0.6) is 0 Å². The van der Waals surface area contributed by atoms with Gasteiger partial charge < -0.3 is 25.3 Å². The van der Waals surface area contributed by atoms with E-state index in [1.807, 2.05) is 35.2 Å². The van der Waals surface area contributed by atoms with Crippen molar-refractivity contribution in [3.05, 3.63) is 87.9 Å². The minimum Gasteiger partial charge on any atom is -0.339 e. The molecule has 2 aliphatic rings. The van der Waals surface area contributed by atoms with E-state index in [4.69, 9.17) is 34.8 Å². The molecular weight excluding hydrogens is 561 g/mol. The van der Waals surface area contributed by atoms with Crippen molar-refractivity contribution < 1.29 is 14.4 Å². The summed E-state index contributed by atoms with van der Waals surface area (Å²) in [5.41, 5.74) is 1.04. The molecule has 0 radical (unpaired) electrons. The molecular formula is C28H26Cl3N5O3. The molecule has 0 aromatic heterocycles. The normalized spacial score (nSPS) is 16.5. The number of piperidine rings is 1. The first kappa shape index (κ1) is 27.1. The largest absolute Gasteiger partial charge is 0.339 e. The van der Waals surface area contributed by atoms with Crippen LogP contribution in [-0.2, 0) is 9.59 Å². The SMILES string of the molecule is O=C(CN1CN(c2ccccc2)C2(CCN(C(=O)Nc3ccc(Cl)cc3Cl)CC2)C1=O)Nc1cccc(Cl)c1. The summed E-state index contributed by atoms with van der Waals surface area (Å²) in [7, 11) is 0. The molecule has 8 nitrogen and oxygen atoms in total. The Kier molecular flexibility index (Phi) is 7.88. The van der Waals surface area contributed by atoms with Gasteiger partial charge in [0.2, 0.25) is 5.91 Å². The van der Waals surface area contributed by atoms with Crippen LogP contribution in [0.15, 0.2) is 72.8 Å². The van der Waals surface area contributed by atoms with Crippen molar-refractivity contribution in [2.24, 2.45) is 0 Å². The molecule has 202 valence electrons. The van der Waals surface area contributed by atoms with Crippen LogP contribution in [0.1, 0.15) is 12.8 Å². The first-order valence-electron chi connectivity index (χ1n) is 12.4. The monoisotopic (exact) mass is 585 g/mol. The van der Waals surface area contributed by atoms with Gasteiger partial charge in [-0.15, -0.1) is 0 Å². The van der Waals surface area contributed by atoms with Gasteiger partial charge in [-0.3, -0.25) is 9.59 Å². The molecule has 3 aromatic rings. The fraction of sp³-hybridized carbons (Fsp3) is 0.250. The zero-order valence-electron chi connectivity index (χ0n) is 20.9. The number of likely N-dealkylation sites (tertiary alicyclic amines) is 1. The number of nitrogens with zero attached hydrogens (tertiary/aromatic N) is 3. The highest BCUT2D eigenvalue weighted by Gasteiger charge is 2.54. The van der Waals surface area contributed by atoms with Gasteiger partial charge >= 0.3 is 6.03 Å². The molecule has 2 fully saturated rings. The second-order valence-electron chi connectivity index (χ2n) is 9.54. The van der Waals surface area contributed by atoms with Crippen molar-refractivity contribution in [1.29, 1.82) is 0 Å². The molecule has 2 heterocycles. The number of carbonyl (C=O) groups excluding carboxylic acids is 3. The Bertz CT molecular complexity index is 1400. The van der Waals surface area contributed by atoms with Gasteiger partial charge in [0, 0.05) is 34.5 Å². The Labute approximate surface area is 241 Å². The number of amides is 4. The second-order valence-corrected chi connectivity index (χ2v) is 10.8. The van der Waals surface area contributed by atoms with E-state index >= 15 is 0 Å². The maximum Gasteiger partial charge on any atom is 0.321 e. The van der Waals surface area contributed by atoms with Crippen molar-refractivity contribution >= 4 is 69.7 Å². The fourth-order valence-corrected chi connectivity index (χ4v) is 5.77. The van der Waals surface area contributed by atoms with Crippen LogP contribution in [0.2, 0.25) is 15.1 Å². The molecule has 11 heteroatoms. The topological polar surface area (TPSA) is 85.0 Å². The van der Waals surface area contributed by atoms with E-state index in [0.29, 0.717) is 52.4 Å². The molecule has 1 spiro atoms. The lowest BCUT2D eigenvalue weighted by Crippen LogP contribution is -2.58. The van der Waals surface area contributed by atoms with Gasteiger partial charge in [0.1, 0.15) is 12.1 Å². The van der Waals surface area contributed by atoms with Gasteiger partial charge in [-0.25, -0.2) is 4.79 Å². The Morgan fingerprint density at radius 1 is 0.846 bits per heavy atom. The summed E-state index contributed by atoms with van der Waals surface area (Å²) in [5, 5.41) is 6.97. The molecule has 4 amide bonds. The Hall–Kier alpha value is -3.46. The molecule has 5 rings (SSSR count). The van der Waals surface area contributed by atoms with E-state index in [2.05, 4.69) is 10.6 Å². The number of anilines is 3. The van der Waals surface area contributed by atoms with E-state index in [1.165, 1.54) is 0 Å². The average molecular weight is 587 g/mol. The highest BCUT2D eigenvalue weighted by molar-refractivity contribution is 6.36. The molecule has 3 aromatic carbocycles. The maximum atomic E-state index is 13.9. The van der Waals surface area contributed by atoms with Crippen molar-refractivity contribution in [3.8, 4) is 0 Å². The first-order valence-corrected chi connectivity index (χ1v) is 13.6. The summed E-state index contributed by atoms with van der Waals surface area (Å²) in [6.45, 7) is 0.872. The van der Waals surface area contributed by atoms with E-state index in [-0.39, 0.29) is 31.1 Å². The van der Waals surface area contributed by atoms with Gasteiger partial charge in [0.15, 0.2) is 0 Å². The number of halogens is 3. The Balaban J connectivity index is 1.30. The van der Waals surface area contributed by atoms with Crippen LogP contribution in [0.25, 0.3) is 0 Å². The zero-order chi connectivity index (χ0) is 27.6. The number of benzene rings is 3. The van der Waals surface area contributed by atoms with Crippen LogP contribution >= 0.6 is 34.8 Å². The molecule has 2 saturated heterocycles. The third-order valence-electron chi connectivity index (χ3n) is 7.08. The van der Waals surface area contributed by atoms with E-state index in [9.17, 15) is 14.4 Å². The molecule has 2 N–H and O–H groups in total. The lowest BCUT2D eigenvalue weighted by molar-refractivity contribution is -0.136. The molecule has 0 unspecified atom stereocenters. The van der Waals surface area contributed by atoms with Crippen molar-refractivity contribution in [2.45, 2.75) is 18.4 Å². The van der Waals surface area contributed by atoms with E-state index in [1.54, 1.807) is 52.3 Å². The van der Waals surface area contributed by atoms with Crippen LogP contribution < -0.4 is 15.5 Å². The molecule has 0 bridgehead atoms. The summed E-state index contributed by atoms with van der Waals surface area (Å²) in [6, 6.07) is 21.1. The quantitative estimate of drug-likeness (QED) is 0.387. The summed E-state index contributed by atoms with van der Waals surface area (Å²) < 4.78 is 0. The van der Waals surface area contributed by atoms with E-state index < -0.39 is 5.54 Å². The Morgan fingerprint density at radius 3 is 2.26 bits per heavy atom. The van der Waals surface area contributed by atoms with Crippen molar-refractivity contribution in [3.63, 3.8) is 0 Å². The summed E-state index contributed by atoms with van der Waals surface area (Å²) in [6.07, 6.45) is 0.823. The van der Waals surface area contributed by atoms with Crippen LogP contribution in [0.3, 0.4) is 0 Å². The fourth-order valence-electron chi connectivity index (χ4n) is 5.13. The van der Waals surface area contributed by atoms with Gasteiger partial charge in [0.25, 0.3) is 5.91 Å². The van der Waals surface area contributed by atoms with Gasteiger partial charge in [-0.2, -0.15) is 0 Å². The summed E-state index contributed by atoms with van der Waals surface area (Å²) in [5.74, 6) is -0.444. The molecule has 0 atom stereocenters. The minimum atomic E-state index is -0.869. The second kappa shape index (κ2) is 11.3. The number of urea groups is 1. The summed E-state index contributed by atoms with van der Waals surface area (Å²) >= 11 is 18.2. The minimum absolute atomic E-state index is 0.101. The molecule has 0 saturated carbocycles.